The number of carbonyl (C=O) groups excluding carboxylic acids is 1. The molecule has 5 N–H and O–H groups in total. The minimum atomic E-state index is -5.09. The average Bonchev–Trinajstić information content (AvgIpc) is 2.49. The number of alkyl halides is 6. The van der Waals surface area contributed by atoms with E-state index in [1.165, 1.54) is 0 Å². The number of hydrogen-bond acceptors (Lipinski definition) is 4. The normalized spacial score (nSPS) is 15.2. The number of fused-ring (bicyclic) bond motifs is 1. The molecule has 0 fully saturated rings. The number of carbonyl (C=O) groups is 1. The van der Waals surface area contributed by atoms with Crippen molar-refractivity contribution in [2.45, 2.75) is 24.5 Å². The van der Waals surface area contributed by atoms with Gasteiger partial charge in [0.15, 0.2) is 0 Å². The van der Waals surface area contributed by atoms with Gasteiger partial charge in [0.1, 0.15) is 17.8 Å². The predicted octanol–water partition coefficient (Wildman–Crippen LogP) is 2.12. The molecule has 2 aromatic rings. The van der Waals surface area contributed by atoms with Crippen LogP contribution in [0.1, 0.15) is 22.9 Å². The van der Waals surface area contributed by atoms with Crippen LogP contribution in [0, 0.1) is 0 Å². The smallest absolute Gasteiger partial charge is 0.386 e. The molecule has 136 valence electrons. The van der Waals surface area contributed by atoms with Crippen molar-refractivity contribution in [3.63, 3.8) is 0 Å². The Morgan fingerprint density at radius 3 is 2.20 bits per heavy atom. The molecule has 0 saturated heterocycles. The summed E-state index contributed by atoms with van der Waals surface area (Å²) in [4.78, 5) is 14.1. The number of para-hydroxylation sites is 1. The molecule has 1 aromatic heterocycles. The van der Waals surface area contributed by atoms with Gasteiger partial charge < -0.3 is 16.6 Å². The maximum atomic E-state index is 13.1. The van der Waals surface area contributed by atoms with Crippen LogP contribution < -0.4 is 11.5 Å². The minimum Gasteiger partial charge on any atom is -0.386 e. The van der Waals surface area contributed by atoms with Gasteiger partial charge in [0.2, 0.25) is 5.91 Å². The summed E-state index contributed by atoms with van der Waals surface area (Å²) < 4.78 is 78.2. The highest BCUT2D eigenvalue weighted by atomic mass is 19.4. The molecule has 0 spiro atoms. The molecule has 2 unspecified atom stereocenters. The van der Waals surface area contributed by atoms with Crippen LogP contribution in [0.15, 0.2) is 24.3 Å². The van der Waals surface area contributed by atoms with Crippen molar-refractivity contribution in [1.82, 2.24) is 4.98 Å². The van der Waals surface area contributed by atoms with Crippen LogP contribution in [-0.4, -0.2) is 22.0 Å². The summed E-state index contributed by atoms with van der Waals surface area (Å²) in [5.74, 6) is -1.24. The molecule has 0 aliphatic carbocycles. The molecule has 25 heavy (non-hydrogen) atoms. The standard InChI is InChI=1S/C14H11F6N3O2/c15-13(16,17)7-3-1-2-5-6(11(24)9(21)12(22)25)4-8(14(18,19)20)23-10(5)7/h1-4,9,11,24H,21H2,(H2,22,25). The zero-order valence-corrected chi connectivity index (χ0v) is 12.2. The number of nitrogens with zero attached hydrogens (tertiary/aromatic N) is 1. The Bertz CT molecular complexity index is 819. The van der Waals surface area contributed by atoms with E-state index in [1.807, 2.05) is 0 Å². The average molecular weight is 367 g/mol. The Hall–Kier alpha value is -2.40. The third kappa shape index (κ3) is 3.66. The Morgan fingerprint density at radius 2 is 1.72 bits per heavy atom. The highest BCUT2D eigenvalue weighted by Gasteiger charge is 2.38. The van der Waals surface area contributed by atoms with Crippen LogP contribution in [0.4, 0.5) is 26.3 Å². The van der Waals surface area contributed by atoms with Crippen LogP contribution in [0.3, 0.4) is 0 Å². The van der Waals surface area contributed by atoms with E-state index in [0.717, 1.165) is 12.1 Å². The first-order chi connectivity index (χ1) is 11.3. The first-order valence-corrected chi connectivity index (χ1v) is 6.65. The highest BCUT2D eigenvalue weighted by molar-refractivity contribution is 5.88. The van der Waals surface area contributed by atoms with Crippen molar-refractivity contribution >= 4 is 16.8 Å². The Balaban J connectivity index is 2.87. The largest absolute Gasteiger partial charge is 0.433 e. The maximum absolute atomic E-state index is 13.1. The van der Waals surface area contributed by atoms with Gasteiger partial charge in [-0.3, -0.25) is 4.79 Å². The fourth-order valence-corrected chi connectivity index (χ4v) is 2.24. The van der Waals surface area contributed by atoms with E-state index in [-0.39, 0.29) is 0 Å². The summed E-state index contributed by atoms with van der Waals surface area (Å²) in [6.07, 6.45) is -12.1. The zero-order valence-electron chi connectivity index (χ0n) is 12.2. The Labute approximate surface area is 136 Å². The molecule has 1 aromatic carbocycles. The molecule has 0 aliphatic heterocycles. The van der Waals surface area contributed by atoms with Crippen molar-refractivity contribution in [2.24, 2.45) is 11.5 Å². The van der Waals surface area contributed by atoms with E-state index in [1.54, 1.807) is 0 Å². The summed E-state index contributed by atoms with van der Waals surface area (Å²) in [5.41, 5.74) is 5.49. The first-order valence-electron chi connectivity index (χ1n) is 6.65. The summed E-state index contributed by atoms with van der Waals surface area (Å²) in [5, 5.41) is 9.62. The number of benzene rings is 1. The van der Waals surface area contributed by atoms with Gasteiger partial charge in [-0.25, -0.2) is 4.98 Å². The molecular weight excluding hydrogens is 356 g/mol. The van der Waals surface area contributed by atoms with E-state index in [0.29, 0.717) is 12.1 Å². The zero-order chi connectivity index (χ0) is 19.2. The van der Waals surface area contributed by atoms with Gasteiger partial charge in [-0.2, -0.15) is 26.3 Å². The van der Waals surface area contributed by atoms with Crippen LogP contribution in [0.2, 0.25) is 0 Å². The van der Waals surface area contributed by atoms with Gasteiger partial charge in [-0.15, -0.1) is 0 Å². The van der Waals surface area contributed by atoms with Crippen LogP contribution >= 0.6 is 0 Å². The third-order valence-electron chi connectivity index (χ3n) is 3.45. The lowest BCUT2D eigenvalue weighted by molar-refractivity contribution is -0.142. The number of rotatable bonds is 3. The Kier molecular flexibility index (Phi) is 4.66. The van der Waals surface area contributed by atoms with Crippen LogP contribution in [0.25, 0.3) is 10.9 Å². The summed E-state index contributed by atoms with van der Waals surface area (Å²) in [7, 11) is 0. The predicted molar refractivity (Wildman–Crippen MR) is 73.9 cm³/mol. The summed E-state index contributed by atoms with van der Waals surface area (Å²) >= 11 is 0. The molecule has 11 heteroatoms. The third-order valence-corrected chi connectivity index (χ3v) is 3.45. The fraction of sp³-hybridized carbons (Fsp3) is 0.286. The molecular formula is C14H11F6N3O2. The van der Waals surface area contributed by atoms with E-state index >= 15 is 0 Å². The van der Waals surface area contributed by atoms with Gasteiger partial charge in [0.25, 0.3) is 0 Å². The van der Waals surface area contributed by atoms with Gasteiger partial charge in [-0.05, 0) is 17.7 Å². The highest BCUT2D eigenvalue weighted by Crippen LogP contribution is 2.39. The number of primary amides is 1. The summed E-state index contributed by atoms with van der Waals surface area (Å²) in [6.45, 7) is 0. The maximum Gasteiger partial charge on any atom is 0.433 e. The molecule has 5 nitrogen and oxygen atoms in total. The van der Waals surface area contributed by atoms with Gasteiger partial charge in [-0.1, -0.05) is 12.1 Å². The second kappa shape index (κ2) is 6.15. The monoisotopic (exact) mass is 367 g/mol. The lowest BCUT2D eigenvalue weighted by atomic mass is 9.95. The number of nitrogens with two attached hydrogens (primary N) is 2. The number of pyridine rings is 1. The van der Waals surface area contributed by atoms with Crippen molar-refractivity contribution in [3.8, 4) is 0 Å². The summed E-state index contributed by atoms with van der Waals surface area (Å²) in [6, 6.07) is 1.05. The van der Waals surface area contributed by atoms with E-state index < -0.39 is 58.1 Å². The lowest BCUT2D eigenvalue weighted by Gasteiger charge is -2.21. The lowest BCUT2D eigenvalue weighted by Crippen LogP contribution is -2.41. The van der Waals surface area contributed by atoms with Crippen LogP contribution in [0.5, 0.6) is 0 Å². The molecule has 0 radical (unpaired) electrons. The number of halogens is 6. The van der Waals surface area contributed by atoms with E-state index in [2.05, 4.69) is 4.98 Å². The molecule has 0 aliphatic rings. The molecule has 2 rings (SSSR count). The minimum absolute atomic E-state index is 0.343. The first kappa shape index (κ1) is 18.9. The van der Waals surface area contributed by atoms with E-state index in [9.17, 15) is 36.2 Å². The number of amides is 1. The number of aliphatic hydroxyl groups is 1. The second-order valence-electron chi connectivity index (χ2n) is 5.17. The fourth-order valence-electron chi connectivity index (χ4n) is 2.24. The number of aromatic nitrogens is 1. The SMILES string of the molecule is NC(=O)C(N)C(O)c1cc(C(F)(F)F)nc2c(C(F)(F)F)cccc12. The van der Waals surface area contributed by atoms with Crippen molar-refractivity contribution in [2.75, 3.05) is 0 Å². The van der Waals surface area contributed by atoms with Gasteiger partial charge in [0.05, 0.1) is 11.1 Å². The second-order valence-corrected chi connectivity index (χ2v) is 5.17. The molecule has 0 bridgehead atoms. The number of aliphatic hydroxyl groups excluding tert-OH is 1. The quantitative estimate of drug-likeness (QED) is 0.723. The molecule has 0 saturated carbocycles. The topological polar surface area (TPSA) is 102 Å². The molecule has 1 amide bonds. The molecule has 2 atom stereocenters. The van der Waals surface area contributed by atoms with Crippen molar-refractivity contribution in [1.29, 1.82) is 0 Å². The molecule has 1 heterocycles. The van der Waals surface area contributed by atoms with Crippen LogP contribution in [-0.2, 0) is 17.1 Å². The van der Waals surface area contributed by atoms with Crippen molar-refractivity contribution < 1.29 is 36.2 Å². The number of hydrogen-bond donors (Lipinski definition) is 3. The van der Waals surface area contributed by atoms with Crippen molar-refractivity contribution in [3.05, 3.63) is 41.1 Å². The van der Waals surface area contributed by atoms with Gasteiger partial charge >= 0.3 is 12.4 Å². The van der Waals surface area contributed by atoms with Gasteiger partial charge in [0, 0.05) is 5.39 Å². The van der Waals surface area contributed by atoms with E-state index in [4.69, 9.17) is 11.5 Å². The Morgan fingerprint density at radius 1 is 1.12 bits per heavy atom.